The van der Waals surface area contributed by atoms with E-state index >= 15 is 0 Å². The molecule has 160 valence electrons. The highest BCUT2D eigenvalue weighted by Gasteiger charge is 2.38. The molecular formula is C25H30O4S. The first kappa shape index (κ1) is 22.4. The molecule has 0 unspecified atom stereocenters. The average molecular weight is 427 g/mol. The van der Waals surface area contributed by atoms with Gasteiger partial charge in [-0.15, -0.1) is 11.8 Å². The number of benzene rings is 2. The summed E-state index contributed by atoms with van der Waals surface area (Å²) in [7, 11) is 0. The van der Waals surface area contributed by atoms with Gasteiger partial charge in [0.05, 0.1) is 24.3 Å². The highest BCUT2D eigenvalue weighted by Crippen LogP contribution is 2.51. The third-order valence-electron chi connectivity index (χ3n) is 5.30. The second-order valence-corrected chi connectivity index (χ2v) is 10.6. The van der Waals surface area contributed by atoms with Crippen molar-refractivity contribution >= 4 is 23.7 Å². The van der Waals surface area contributed by atoms with Crippen LogP contribution in [0.5, 0.6) is 0 Å². The monoisotopic (exact) mass is 426 g/mol. The third kappa shape index (κ3) is 4.56. The summed E-state index contributed by atoms with van der Waals surface area (Å²) in [6, 6.07) is 11.3. The van der Waals surface area contributed by atoms with Crippen molar-refractivity contribution in [2.45, 2.75) is 63.0 Å². The molecule has 3 rings (SSSR count). The predicted octanol–water partition coefficient (Wildman–Crippen LogP) is 6.26. The molecule has 2 aromatic rings. The smallest absolute Gasteiger partial charge is 0.338 e. The molecule has 1 aliphatic rings. The molecule has 0 N–H and O–H groups in total. The first-order valence-electron chi connectivity index (χ1n) is 10.4. The Morgan fingerprint density at radius 3 is 2.27 bits per heavy atom. The van der Waals surface area contributed by atoms with E-state index in [1.165, 1.54) is 10.5 Å². The Bertz CT molecular complexity index is 975. The van der Waals surface area contributed by atoms with Crippen LogP contribution in [0.25, 0.3) is 11.1 Å². The number of rotatable bonds is 5. The van der Waals surface area contributed by atoms with E-state index in [1.54, 1.807) is 32.0 Å². The van der Waals surface area contributed by atoms with Crippen LogP contribution in [0.1, 0.15) is 74.2 Å². The summed E-state index contributed by atoms with van der Waals surface area (Å²) < 4.78 is 10.6. The Morgan fingerprint density at radius 1 is 0.933 bits per heavy atom. The summed E-state index contributed by atoms with van der Waals surface area (Å²) in [5, 5.41) is 0. The van der Waals surface area contributed by atoms with Gasteiger partial charge < -0.3 is 9.47 Å². The molecule has 1 aliphatic heterocycles. The van der Waals surface area contributed by atoms with Crippen LogP contribution in [0.15, 0.2) is 41.3 Å². The van der Waals surface area contributed by atoms with Crippen molar-refractivity contribution in [2.24, 2.45) is 0 Å². The minimum absolute atomic E-state index is 0.00291. The molecule has 0 aliphatic carbocycles. The molecule has 1 heterocycles. The summed E-state index contributed by atoms with van der Waals surface area (Å²) in [6.45, 7) is 13.2. The first-order valence-corrected chi connectivity index (χ1v) is 11.2. The quantitative estimate of drug-likeness (QED) is 0.528. The molecule has 2 aromatic carbocycles. The van der Waals surface area contributed by atoms with Crippen molar-refractivity contribution in [3.63, 3.8) is 0 Å². The molecule has 0 bridgehead atoms. The maximum atomic E-state index is 12.6. The van der Waals surface area contributed by atoms with Crippen LogP contribution in [-0.4, -0.2) is 29.9 Å². The normalized spacial score (nSPS) is 16.5. The van der Waals surface area contributed by atoms with Gasteiger partial charge in [-0.2, -0.15) is 0 Å². The lowest BCUT2D eigenvalue weighted by atomic mass is 9.76. The van der Waals surface area contributed by atoms with E-state index in [2.05, 4.69) is 39.8 Å². The minimum Gasteiger partial charge on any atom is -0.462 e. The number of carbonyl (C=O) groups excluding carboxylic acids is 2. The van der Waals surface area contributed by atoms with Gasteiger partial charge in [0.2, 0.25) is 0 Å². The van der Waals surface area contributed by atoms with Crippen LogP contribution in [-0.2, 0) is 14.9 Å². The highest BCUT2D eigenvalue weighted by molar-refractivity contribution is 8.00. The fourth-order valence-corrected chi connectivity index (χ4v) is 5.93. The van der Waals surface area contributed by atoms with Crippen LogP contribution < -0.4 is 0 Å². The van der Waals surface area contributed by atoms with Crippen LogP contribution in [0, 0.1) is 0 Å². The molecule has 0 spiro atoms. The topological polar surface area (TPSA) is 52.6 Å². The summed E-state index contributed by atoms with van der Waals surface area (Å²) >= 11 is 1.89. The molecule has 0 aromatic heterocycles. The van der Waals surface area contributed by atoms with Crippen molar-refractivity contribution in [2.75, 3.05) is 13.2 Å². The van der Waals surface area contributed by atoms with E-state index in [1.807, 2.05) is 17.8 Å². The average Bonchev–Trinajstić information content (AvgIpc) is 2.66. The number of carbonyl (C=O) groups is 2. The molecule has 0 fully saturated rings. The predicted molar refractivity (Wildman–Crippen MR) is 121 cm³/mol. The van der Waals surface area contributed by atoms with Gasteiger partial charge in [-0.25, -0.2) is 9.59 Å². The van der Waals surface area contributed by atoms with Crippen LogP contribution in [0.2, 0.25) is 0 Å². The van der Waals surface area contributed by atoms with Crippen molar-refractivity contribution in [3.8, 4) is 11.1 Å². The maximum absolute atomic E-state index is 12.6. The molecule has 0 amide bonds. The van der Waals surface area contributed by atoms with Gasteiger partial charge >= 0.3 is 11.9 Å². The Morgan fingerprint density at radius 2 is 1.60 bits per heavy atom. The van der Waals surface area contributed by atoms with E-state index in [4.69, 9.17) is 9.47 Å². The first-order chi connectivity index (χ1) is 14.1. The van der Waals surface area contributed by atoms with Gasteiger partial charge in [-0.3, -0.25) is 0 Å². The molecule has 0 saturated heterocycles. The van der Waals surface area contributed by atoms with Crippen LogP contribution in [0.3, 0.4) is 0 Å². The van der Waals surface area contributed by atoms with Gasteiger partial charge in [0.15, 0.2) is 0 Å². The van der Waals surface area contributed by atoms with Crippen molar-refractivity contribution in [3.05, 3.63) is 53.1 Å². The van der Waals surface area contributed by atoms with Gasteiger partial charge in [-0.05, 0) is 72.7 Å². The molecule has 0 radical (unpaired) electrons. The summed E-state index contributed by atoms with van der Waals surface area (Å²) in [5.74, 6) is -0.792. The van der Waals surface area contributed by atoms with Crippen molar-refractivity contribution in [1.29, 1.82) is 0 Å². The molecule has 30 heavy (non-hydrogen) atoms. The van der Waals surface area contributed by atoms with Crippen LogP contribution in [0.4, 0.5) is 0 Å². The number of fused-ring (bicyclic) bond motifs is 1. The standard InChI is InChI=1S/C25H30O4S/c1-7-28-22(26)17-9-11-18(23(27)29-8-2)19(13-17)16-10-12-21-20(14-16)24(3,4)15-25(5,6)30-21/h9-14H,7-8,15H2,1-6H3. The van der Waals surface area contributed by atoms with Gasteiger partial charge in [0.25, 0.3) is 0 Å². The van der Waals surface area contributed by atoms with Crippen molar-refractivity contribution < 1.29 is 19.1 Å². The summed E-state index contributed by atoms with van der Waals surface area (Å²) in [6.07, 6.45) is 1.05. The summed E-state index contributed by atoms with van der Waals surface area (Å²) in [4.78, 5) is 26.2. The van der Waals surface area contributed by atoms with E-state index in [9.17, 15) is 9.59 Å². The second-order valence-electron chi connectivity index (χ2n) is 8.83. The molecule has 4 nitrogen and oxygen atoms in total. The molecule has 0 atom stereocenters. The van der Waals surface area contributed by atoms with E-state index < -0.39 is 11.9 Å². The molecule has 5 heteroatoms. The number of esters is 2. The molecule has 0 saturated carbocycles. The maximum Gasteiger partial charge on any atom is 0.338 e. The molecular weight excluding hydrogens is 396 g/mol. The van der Waals surface area contributed by atoms with Gasteiger partial charge in [0.1, 0.15) is 0 Å². The number of hydrogen-bond acceptors (Lipinski definition) is 5. The lowest BCUT2D eigenvalue weighted by Crippen LogP contribution is -2.33. The Labute approximate surface area is 183 Å². The van der Waals surface area contributed by atoms with E-state index in [-0.39, 0.29) is 10.2 Å². The number of hydrogen-bond donors (Lipinski definition) is 0. The SMILES string of the molecule is CCOC(=O)c1ccc(C(=O)OCC)c(-c2ccc3c(c2)C(C)(C)CC(C)(C)S3)c1. The number of ether oxygens (including phenoxy) is 2. The van der Waals surface area contributed by atoms with Crippen molar-refractivity contribution in [1.82, 2.24) is 0 Å². The lowest BCUT2D eigenvalue weighted by Gasteiger charge is -2.42. The fraction of sp³-hybridized carbons (Fsp3) is 0.440. The number of thioether (sulfide) groups is 1. The zero-order chi connectivity index (χ0) is 22.1. The Balaban J connectivity index is 2.15. The zero-order valence-corrected chi connectivity index (χ0v) is 19.4. The van der Waals surface area contributed by atoms with E-state index in [0.29, 0.717) is 29.9 Å². The van der Waals surface area contributed by atoms with Crippen LogP contribution >= 0.6 is 11.8 Å². The fourth-order valence-electron chi connectivity index (χ4n) is 4.32. The highest BCUT2D eigenvalue weighted by atomic mass is 32.2. The van der Waals surface area contributed by atoms with Gasteiger partial charge in [0, 0.05) is 9.64 Å². The third-order valence-corrected chi connectivity index (χ3v) is 6.57. The Kier molecular flexibility index (Phi) is 6.32. The Hall–Kier alpha value is -2.27. The van der Waals surface area contributed by atoms with E-state index in [0.717, 1.165) is 12.0 Å². The lowest BCUT2D eigenvalue weighted by molar-refractivity contribution is 0.0512. The summed E-state index contributed by atoms with van der Waals surface area (Å²) in [5.41, 5.74) is 3.73. The zero-order valence-electron chi connectivity index (χ0n) is 18.6. The minimum atomic E-state index is -0.398. The second kappa shape index (κ2) is 8.46. The largest absolute Gasteiger partial charge is 0.462 e. The van der Waals surface area contributed by atoms with Gasteiger partial charge in [-0.1, -0.05) is 33.8 Å².